The number of rotatable bonds is 5. The van der Waals surface area contributed by atoms with Crippen LogP contribution in [0.15, 0.2) is 18.2 Å². The highest BCUT2D eigenvalue weighted by atomic mass is 79.9. The first-order valence-corrected chi connectivity index (χ1v) is 6.95. The molecular weight excluding hydrogens is 296 g/mol. The highest BCUT2D eigenvalue weighted by Gasteiger charge is 2.09. The molecule has 0 bridgehead atoms. The fourth-order valence-corrected chi connectivity index (χ4v) is 1.82. The van der Waals surface area contributed by atoms with Gasteiger partial charge in [0.1, 0.15) is 0 Å². The number of hydrogen-bond acceptors (Lipinski definition) is 2. The maximum Gasteiger partial charge on any atom is 0.251 e. The number of hydrogen-bond donors (Lipinski definition) is 2. The number of amides is 2. The number of aryl methyl sites for hydroxylation is 1. The van der Waals surface area contributed by atoms with Crippen molar-refractivity contribution in [2.45, 2.75) is 20.3 Å². The zero-order chi connectivity index (χ0) is 13.5. The monoisotopic (exact) mass is 312 g/mol. The van der Waals surface area contributed by atoms with Gasteiger partial charge in [-0.15, -0.1) is 0 Å². The van der Waals surface area contributed by atoms with E-state index in [4.69, 9.17) is 0 Å². The summed E-state index contributed by atoms with van der Waals surface area (Å²) >= 11 is 3.22. The molecule has 0 fully saturated rings. The second-order valence-corrected chi connectivity index (χ2v) is 4.67. The zero-order valence-electron chi connectivity index (χ0n) is 10.5. The van der Waals surface area contributed by atoms with Gasteiger partial charge in [-0.05, 0) is 31.5 Å². The van der Waals surface area contributed by atoms with E-state index in [0.29, 0.717) is 29.5 Å². The predicted octanol–water partition coefficient (Wildman–Crippen LogP) is 2.47. The van der Waals surface area contributed by atoms with Gasteiger partial charge in [0.15, 0.2) is 0 Å². The largest absolute Gasteiger partial charge is 0.352 e. The van der Waals surface area contributed by atoms with Crippen molar-refractivity contribution < 1.29 is 9.59 Å². The highest BCUT2D eigenvalue weighted by Crippen LogP contribution is 2.17. The molecule has 1 rings (SSSR count). The van der Waals surface area contributed by atoms with Gasteiger partial charge < -0.3 is 10.6 Å². The summed E-state index contributed by atoms with van der Waals surface area (Å²) in [5.41, 5.74) is 2.17. The minimum atomic E-state index is -0.131. The lowest BCUT2D eigenvalue weighted by Crippen LogP contribution is -2.23. The van der Waals surface area contributed by atoms with Crippen molar-refractivity contribution in [3.63, 3.8) is 0 Å². The fourth-order valence-electron chi connectivity index (χ4n) is 1.46. The van der Waals surface area contributed by atoms with E-state index in [2.05, 4.69) is 26.6 Å². The molecule has 4 nitrogen and oxygen atoms in total. The van der Waals surface area contributed by atoms with Crippen LogP contribution in [0.2, 0.25) is 0 Å². The quantitative estimate of drug-likeness (QED) is 0.821. The van der Waals surface area contributed by atoms with Gasteiger partial charge >= 0.3 is 0 Å². The van der Waals surface area contributed by atoms with Gasteiger partial charge in [0.2, 0.25) is 5.91 Å². The second kappa shape index (κ2) is 7.16. The van der Waals surface area contributed by atoms with Crippen molar-refractivity contribution in [3.05, 3.63) is 29.3 Å². The third kappa shape index (κ3) is 4.14. The molecule has 0 saturated heterocycles. The molecule has 0 aliphatic heterocycles. The van der Waals surface area contributed by atoms with Crippen LogP contribution in [-0.2, 0) is 4.79 Å². The summed E-state index contributed by atoms with van der Waals surface area (Å²) in [5, 5.41) is 6.15. The zero-order valence-corrected chi connectivity index (χ0v) is 12.1. The SMILES string of the molecule is CCNC(=O)c1ccc(C)c(NC(=O)CCBr)c1. The topological polar surface area (TPSA) is 58.2 Å². The van der Waals surface area contributed by atoms with Gasteiger partial charge in [-0.2, -0.15) is 0 Å². The van der Waals surface area contributed by atoms with Crippen LogP contribution in [0.3, 0.4) is 0 Å². The molecule has 0 aliphatic carbocycles. The number of alkyl halides is 1. The smallest absolute Gasteiger partial charge is 0.251 e. The summed E-state index contributed by atoms with van der Waals surface area (Å²) in [7, 11) is 0. The van der Waals surface area contributed by atoms with Crippen LogP contribution >= 0.6 is 15.9 Å². The summed E-state index contributed by atoms with van der Waals surface area (Å²) in [6, 6.07) is 5.28. The Labute approximate surface area is 115 Å². The Balaban J connectivity index is 2.87. The van der Waals surface area contributed by atoms with E-state index in [-0.39, 0.29) is 11.8 Å². The lowest BCUT2D eigenvalue weighted by molar-refractivity contribution is -0.115. The summed E-state index contributed by atoms with van der Waals surface area (Å²) in [6.45, 7) is 4.34. The Kier molecular flexibility index (Phi) is 5.85. The average molecular weight is 313 g/mol. The Morgan fingerprint density at radius 1 is 1.33 bits per heavy atom. The fraction of sp³-hybridized carbons (Fsp3) is 0.385. The maximum atomic E-state index is 11.7. The van der Waals surface area contributed by atoms with Crippen LogP contribution in [0.1, 0.15) is 29.3 Å². The van der Waals surface area contributed by atoms with Crippen LogP contribution in [-0.4, -0.2) is 23.7 Å². The summed E-state index contributed by atoms with van der Waals surface area (Å²) in [6.07, 6.45) is 0.408. The molecule has 5 heteroatoms. The number of nitrogens with one attached hydrogen (secondary N) is 2. The molecule has 0 saturated carbocycles. The predicted molar refractivity (Wildman–Crippen MR) is 76.2 cm³/mol. The molecule has 0 radical (unpaired) electrons. The molecule has 0 unspecified atom stereocenters. The number of carbonyl (C=O) groups is 2. The molecule has 18 heavy (non-hydrogen) atoms. The molecule has 0 spiro atoms. The molecule has 1 aromatic rings. The molecule has 0 heterocycles. The van der Waals surface area contributed by atoms with Crippen molar-refractivity contribution in [2.75, 3.05) is 17.2 Å². The Morgan fingerprint density at radius 2 is 2.06 bits per heavy atom. The van der Waals surface area contributed by atoms with Crippen molar-refractivity contribution in [3.8, 4) is 0 Å². The molecule has 1 aromatic carbocycles. The van der Waals surface area contributed by atoms with Crippen molar-refractivity contribution >= 4 is 33.4 Å². The lowest BCUT2D eigenvalue weighted by Gasteiger charge is -2.10. The first-order valence-electron chi connectivity index (χ1n) is 5.83. The molecular formula is C13H17BrN2O2. The number of anilines is 1. The van der Waals surface area contributed by atoms with Crippen LogP contribution in [0, 0.1) is 6.92 Å². The standard InChI is InChI=1S/C13H17BrN2O2/c1-3-15-13(18)10-5-4-9(2)11(8-10)16-12(17)6-7-14/h4-5,8H,3,6-7H2,1-2H3,(H,15,18)(H,16,17). The van der Waals surface area contributed by atoms with Gasteiger partial charge in [-0.3, -0.25) is 9.59 Å². The van der Waals surface area contributed by atoms with E-state index in [0.717, 1.165) is 5.56 Å². The van der Waals surface area contributed by atoms with Gasteiger partial charge in [0.05, 0.1) is 0 Å². The molecule has 0 aliphatic rings. The van der Waals surface area contributed by atoms with Crippen LogP contribution < -0.4 is 10.6 Å². The molecule has 2 N–H and O–H groups in total. The van der Waals surface area contributed by atoms with Gasteiger partial charge in [0.25, 0.3) is 5.91 Å². The minimum Gasteiger partial charge on any atom is -0.352 e. The second-order valence-electron chi connectivity index (χ2n) is 3.88. The lowest BCUT2D eigenvalue weighted by atomic mass is 10.1. The first kappa shape index (κ1) is 14.7. The maximum absolute atomic E-state index is 11.7. The third-order valence-corrected chi connectivity index (χ3v) is 2.83. The molecule has 0 aromatic heterocycles. The summed E-state index contributed by atoms with van der Waals surface area (Å²) < 4.78 is 0. The van der Waals surface area contributed by atoms with Gasteiger partial charge in [-0.1, -0.05) is 22.0 Å². The number of halogens is 1. The summed E-state index contributed by atoms with van der Waals surface area (Å²) in [5.74, 6) is -0.198. The Bertz CT molecular complexity index is 447. The van der Waals surface area contributed by atoms with E-state index >= 15 is 0 Å². The van der Waals surface area contributed by atoms with Gasteiger partial charge in [0, 0.05) is 29.5 Å². The molecule has 2 amide bonds. The van der Waals surface area contributed by atoms with E-state index < -0.39 is 0 Å². The molecule has 98 valence electrons. The first-order chi connectivity index (χ1) is 8.58. The minimum absolute atomic E-state index is 0.0666. The Hall–Kier alpha value is -1.36. The molecule has 0 atom stereocenters. The van der Waals surface area contributed by atoms with Gasteiger partial charge in [-0.25, -0.2) is 0 Å². The van der Waals surface area contributed by atoms with E-state index in [1.165, 1.54) is 0 Å². The van der Waals surface area contributed by atoms with Crippen molar-refractivity contribution in [1.29, 1.82) is 0 Å². The number of carbonyl (C=O) groups excluding carboxylic acids is 2. The Morgan fingerprint density at radius 3 is 2.67 bits per heavy atom. The van der Waals surface area contributed by atoms with Crippen molar-refractivity contribution in [1.82, 2.24) is 5.32 Å². The van der Waals surface area contributed by atoms with Crippen molar-refractivity contribution in [2.24, 2.45) is 0 Å². The van der Waals surface area contributed by atoms with E-state index in [9.17, 15) is 9.59 Å². The third-order valence-electron chi connectivity index (χ3n) is 2.43. The van der Waals surface area contributed by atoms with E-state index in [1.807, 2.05) is 19.9 Å². The van der Waals surface area contributed by atoms with Crippen LogP contribution in [0.4, 0.5) is 5.69 Å². The average Bonchev–Trinajstić information content (AvgIpc) is 2.32. The normalized spacial score (nSPS) is 9.94. The highest BCUT2D eigenvalue weighted by molar-refractivity contribution is 9.09. The van der Waals surface area contributed by atoms with E-state index in [1.54, 1.807) is 12.1 Å². The van der Waals surface area contributed by atoms with Crippen LogP contribution in [0.5, 0.6) is 0 Å². The summed E-state index contributed by atoms with van der Waals surface area (Å²) in [4.78, 5) is 23.2. The number of benzene rings is 1. The van der Waals surface area contributed by atoms with Crippen LogP contribution in [0.25, 0.3) is 0 Å².